The summed E-state index contributed by atoms with van der Waals surface area (Å²) in [5, 5.41) is 15.4. The van der Waals surface area contributed by atoms with E-state index >= 15 is 0 Å². The zero-order valence-electron chi connectivity index (χ0n) is 9.64. The Labute approximate surface area is 106 Å². The van der Waals surface area contributed by atoms with Gasteiger partial charge in [-0.05, 0) is 12.1 Å². The first-order valence-corrected chi connectivity index (χ1v) is 5.40. The Kier molecular flexibility index (Phi) is 3.86. The van der Waals surface area contributed by atoms with E-state index in [0.29, 0.717) is 0 Å². The number of aliphatic hydroxyl groups is 1. The second-order valence-corrected chi connectivity index (χ2v) is 3.75. The lowest BCUT2D eigenvalue weighted by atomic mass is 10.1. The highest BCUT2D eigenvalue weighted by molar-refractivity contribution is 5.91. The van der Waals surface area contributed by atoms with Gasteiger partial charge in [0.15, 0.2) is 5.69 Å². The predicted octanol–water partition coefficient (Wildman–Crippen LogP) is 1.42. The number of aliphatic hydroxyl groups excluding tert-OH is 1. The number of carbonyl (C=O) groups is 1. The molecule has 1 atom stereocenters. The molecular weight excluding hydrogens is 258 g/mol. The number of hydrogen-bond donors (Lipinski definition) is 2. The van der Waals surface area contributed by atoms with Crippen molar-refractivity contribution in [3.05, 3.63) is 53.4 Å². The second-order valence-electron chi connectivity index (χ2n) is 3.75. The molecule has 7 heteroatoms. The molecule has 1 unspecified atom stereocenters. The van der Waals surface area contributed by atoms with Gasteiger partial charge in [-0.2, -0.15) is 0 Å². The summed E-state index contributed by atoms with van der Waals surface area (Å²) < 4.78 is 31.2. The highest BCUT2D eigenvalue weighted by Gasteiger charge is 2.19. The molecule has 0 saturated carbocycles. The SMILES string of the molecule is O=C(NCC(O)c1c(F)cccc1F)c1ccon1. The molecule has 0 aliphatic carbocycles. The van der Waals surface area contributed by atoms with E-state index in [9.17, 15) is 18.7 Å². The zero-order valence-corrected chi connectivity index (χ0v) is 9.64. The van der Waals surface area contributed by atoms with E-state index in [2.05, 4.69) is 15.0 Å². The van der Waals surface area contributed by atoms with Gasteiger partial charge >= 0.3 is 0 Å². The highest BCUT2D eigenvalue weighted by Crippen LogP contribution is 2.19. The largest absolute Gasteiger partial charge is 0.386 e. The minimum Gasteiger partial charge on any atom is -0.386 e. The van der Waals surface area contributed by atoms with Gasteiger partial charge in [-0.1, -0.05) is 11.2 Å². The van der Waals surface area contributed by atoms with E-state index in [0.717, 1.165) is 12.1 Å². The Bertz CT molecular complexity index is 552. The number of benzene rings is 1. The molecule has 0 aliphatic rings. The van der Waals surface area contributed by atoms with Crippen LogP contribution in [0.5, 0.6) is 0 Å². The molecule has 0 saturated heterocycles. The maximum absolute atomic E-state index is 13.4. The number of halogens is 2. The van der Waals surface area contributed by atoms with Crippen LogP contribution >= 0.6 is 0 Å². The molecule has 5 nitrogen and oxygen atoms in total. The van der Waals surface area contributed by atoms with Crippen LogP contribution in [0.2, 0.25) is 0 Å². The normalized spacial score (nSPS) is 12.2. The molecule has 0 radical (unpaired) electrons. The molecule has 2 rings (SSSR count). The summed E-state index contributed by atoms with van der Waals surface area (Å²) >= 11 is 0. The molecule has 2 aromatic rings. The van der Waals surface area contributed by atoms with Crippen molar-refractivity contribution >= 4 is 5.91 Å². The summed E-state index contributed by atoms with van der Waals surface area (Å²) in [6.45, 7) is -0.344. The fourth-order valence-corrected chi connectivity index (χ4v) is 1.54. The van der Waals surface area contributed by atoms with E-state index < -0.39 is 29.2 Å². The average Bonchev–Trinajstić information content (AvgIpc) is 2.89. The van der Waals surface area contributed by atoms with Crippen LogP contribution in [0.4, 0.5) is 8.78 Å². The molecule has 100 valence electrons. The van der Waals surface area contributed by atoms with E-state index in [1.165, 1.54) is 18.4 Å². The quantitative estimate of drug-likeness (QED) is 0.879. The first-order chi connectivity index (χ1) is 9.09. The molecule has 0 bridgehead atoms. The lowest BCUT2D eigenvalue weighted by molar-refractivity contribution is 0.0902. The summed E-state index contributed by atoms with van der Waals surface area (Å²) in [5.74, 6) is -2.35. The van der Waals surface area contributed by atoms with Crippen molar-refractivity contribution < 1.29 is 23.2 Å². The smallest absolute Gasteiger partial charge is 0.273 e. The first kappa shape index (κ1) is 13.2. The zero-order chi connectivity index (χ0) is 13.8. The summed E-state index contributed by atoms with van der Waals surface area (Å²) in [7, 11) is 0. The van der Waals surface area contributed by atoms with Crippen LogP contribution in [0.1, 0.15) is 22.2 Å². The molecule has 1 aromatic carbocycles. The number of rotatable bonds is 4. The van der Waals surface area contributed by atoms with Gasteiger partial charge in [0.2, 0.25) is 0 Å². The number of aromatic nitrogens is 1. The molecule has 0 aliphatic heterocycles. The van der Waals surface area contributed by atoms with Crippen LogP contribution in [-0.2, 0) is 0 Å². The van der Waals surface area contributed by atoms with E-state index in [1.807, 2.05) is 0 Å². The van der Waals surface area contributed by atoms with Crippen LogP contribution in [-0.4, -0.2) is 22.7 Å². The van der Waals surface area contributed by atoms with E-state index in [1.54, 1.807) is 0 Å². The van der Waals surface area contributed by atoms with Crippen LogP contribution < -0.4 is 5.32 Å². The Morgan fingerprint density at radius 2 is 2.05 bits per heavy atom. The number of nitrogens with zero attached hydrogens (tertiary/aromatic N) is 1. The molecule has 19 heavy (non-hydrogen) atoms. The minimum absolute atomic E-state index is 0.0150. The van der Waals surface area contributed by atoms with E-state index in [-0.39, 0.29) is 12.2 Å². The summed E-state index contributed by atoms with van der Waals surface area (Å²) in [6, 6.07) is 4.57. The van der Waals surface area contributed by atoms with Gasteiger partial charge < -0.3 is 14.9 Å². The molecule has 1 amide bonds. The van der Waals surface area contributed by atoms with Crippen molar-refractivity contribution in [3.8, 4) is 0 Å². The third kappa shape index (κ3) is 2.94. The summed E-state index contributed by atoms with van der Waals surface area (Å²) in [6.07, 6.45) is -0.279. The standard InChI is InChI=1S/C12H10F2N2O3/c13-7-2-1-3-8(14)11(7)10(17)6-15-12(18)9-4-5-19-16-9/h1-5,10,17H,6H2,(H,15,18). The van der Waals surface area contributed by atoms with Crippen molar-refractivity contribution in [2.24, 2.45) is 0 Å². The molecule has 1 heterocycles. The van der Waals surface area contributed by atoms with Crippen LogP contribution in [0, 0.1) is 11.6 Å². The van der Waals surface area contributed by atoms with Gasteiger partial charge in [-0.3, -0.25) is 4.79 Å². The molecule has 0 spiro atoms. The van der Waals surface area contributed by atoms with Crippen molar-refractivity contribution in [1.82, 2.24) is 10.5 Å². The van der Waals surface area contributed by atoms with Crippen molar-refractivity contribution in [1.29, 1.82) is 0 Å². The van der Waals surface area contributed by atoms with Gasteiger partial charge in [0.1, 0.15) is 24.0 Å². The highest BCUT2D eigenvalue weighted by atomic mass is 19.1. The summed E-state index contributed by atoms with van der Waals surface area (Å²) in [4.78, 5) is 11.5. The Morgan fingerprint density at radius 1 is 1.37 bits per heavy atom. The molecule has 0 fully saturated rings. The van der Waals surface area contributed by atoms with Gasteiger partial charge in [0.05, 0.1) is 5.56 Å². The van der Waals surface area contributed by atoms with Crippen LogP contribution in [0.25, 0.3) is 0 Å². The van der Waals surface area contributed by atoms with Crippen molar-refractivity contribution in [2.45, 2.75) is 6.10 Å². The second kappa shape index (κ2) is 5.57. The monoisotopic (exact) mass is 268 g/mol. The number of amides is 1. The number of nitrogens with one attached hydrogen (secondary N) is 1. The third-order valence-electron chi connectivity index (χ3n) is 2.46. The predicted molar refractivity (Wildman–Crippen MR) is 60.2 cm³/mol. The lowest BCUT2D eigenvalue weighted by Gasteiger charge is -2.13. The van der Waals surface area contributed by atoms with Gasteiger partial charge in [0.25, 0.3) is 5.91 Å². The summed E-state index contributed by atoms with van der Waals surface area (Å²) in [5.41, 5.74) is -0.468. The fourth-order valence-electron chi connectivity index (χ4n) is 1.54. The molecule has 2 N–H and O–H groups in total. The molecule has 1 aromatic heterocycles. The number of hydrogen-bond acceptors (Lipinski definition) is 4. The van der Waals surface area contributed by atoms with Gasteiger partial charge in [0, 0.05) is 12.6 Å². The topological polar surface area (TPSA) is 75.4 Å². The average molecular weight is 268 g/mol. The Morgan fingerprint density at radius 3 is 2.63 bits per heavy atom. The van der Waals surface area contributed by atoms with Crippen LogP contribution in [0.15, 0.2) is 35.1 Å². The maximum Gasteiger partial charge on any atom is 0.273 e. The van der Waals surface area contributed by atoms with Gasteiger partial charge in [-0.15, -0.1) is 0 Å². The third-order valence-corrected chi connectivity index (χ3v) is 2.46. The Balaban J connectivity index is 2.02. The lowest BCUT2D eigenvalue weighted by Crippen LogP contribution is -2.29. The fraction of sp³-hybridized carbons (Fsp3) is 0.167. The Hall–Kier alpha value is -2.28. The van der Waals surface area contributed by atoms with Crippen molar-refractivity contribution in [3.63, 3.8) is 0 Å². The van der Waals surface area contributed by atoms with Crippen molar-refractivity contribution in [2.75, 3.05) is 6.54 Å². The van der Waals surface area contributed by atoms with Crippen LogP contribution in [0.3, 0.4) is 0 Å². The van der Waals surface area contributed by atoms with Gasteiger partial charge in [-0.25, -0.2) is 8.78 Å². The number of carbonyl (C=O) groups excluding carboxylic acids is 1. The molecular formula is C12H10F2N2O3. The van der Waals surface area contributed by atoms with E-state index in [4.69, 9.17) is 0 Å². The maximum atomic E-state index is 13.4. The first-order valence-electron chi connectivity index (χ1n) is 5.40. The minimum atomic E-state index is -1.49.